The van der Waals surface area contributed by atoms with E-state index in [9.17, 15) is 28.8 Å². The Balaban J connectivity index is 0.000000121. The highest BCUT2D eigenvalue weighted by molar-refractivity contribution is 6.62. The molecule has 10 heterocycles. The summed E-state index contributed by atoms with van der Waals surface area (Å²) in [5, 5.41) is 28.0. The highest BCUT2D eigenvalue weighted by Crippen LogP contribution is 2.38. The minimum absolute atomic E-state index is 0.00420. The van der Waals surface area contributed by atoms with E-state index in [1.165, 1.54) is 14.2 Å². The molecule has 12 aromatic rings. The number of aromatic nitrogens is 6. The number of rotatable bonds is 12. The number of carboxylic acids is 1. The lowest BCUT2D eigenvalue weighted by Gasteiger charge is -2.32. The molecule has 4 aliphatic rings. The molecule has 0 aliphatic carbocycles. The SMILES string of the molecule is CC1(C)OB(c2ccc3c(c2)CNC3=O)OC1(C)C.COC(=O)c1ccc(Nc2ccc(-c3ccc4c(c3)CNC4=O)n3ccnc23)cc1.COC(=O)c1ccc(Nc2ccc(Cl)n3ccnc23)cc1.O=C(O)c1ccc(Nc2ccc(-c3ccc4c(c3)CNC4=O)n3ccnc23)cc1. The zero-order valence-corrected chi connectivity index (χ0v) is 55.1. The van der Waals surface area contributed by atoms with E-state index >= 15 is 0 Å². The molecule has 0 spiro atoms. The van der Waals surface area contributed by atoms with Gasteiger partial charge in [0.25, 0.3) is 17.7 Å². The first-order valence-electron chi connectivity index (χ1n) is 31.4. The van der Waals surface area contributed by atoms with Gasteiger partial charge in [-0.25, -0.2) is 29.3 Å². The molecule has 16 rings (SSSR count). The van der Waals surface area contributed by atoms with Crippen LogP contribution >= 0.6 is 11.6 Å². The van der Waals surface area contributed by atoms with Crippen LogP contribution in [0, 0.1) is 0 Å². The predicted molar refractivity (Wildman–Crippen MR) is 376 cm³/mol. The Labute approximate surface area is 572 Å². The lowest BCUT2D eigenvalue weighted by atomic mass is 9.78. The molecule has 23 nitrogen and oxygen atoms in total. The molecule has 0 saturated carbocycles. The number of esters is 2. The molecular formula is C74H64BClN12O11. The second-order valence-corrected chi connectivity index (χ2v) is 24.8. The van der Waals surface area contributed by atoms with Crippen LogP contribution in [0.1, 0.15) is 107 Å². The summed E-state index contributed by atoms with van der Waals surface area (Å²) in [6, 6.07) is 49.7. The molecule has 6 aromatic heterocycles. The number of benzene rings is 6. The van der Waals surface area contributed by atoms with E-state index < -0.39 is 5.97 Å². The highest BCUT2D eigenvalue weighted by atomic mass is 35.5. The number of aromatic carboxylic acids is 1. The third-order valence-corrected chi connectivity index (χ3v) is 18.0. The minimum atomic E-state index is -0.956. The molecule has 1 fully saturated rings. The van der Waals surface area contributed by atoms with E-state index in [4.69, 9.17) is 30.8 Å². The number of amides is 3. The van der Waals surface area contributed by atoms with E-state index in [-0.39, 0.29) is 53.5 Å². The van der Waals surface area contributed by atoms with Crippen molar-refractivity contribution in [3.05, 3.63) is 256 Å². The number of halogens is 1. The Hall–Kier alpha value is -12.1. The van der Waals surface area contributed by atoms with Gasteiger partial charge in [-0.3, -0.25) is 27.6 Å². The van der Waals surface area contributed by atoms with Gasteiger partial charge in [-0.05, 0) is 201 Å². The first kappa shape index (κ1) is 65.5. The molecule has 0 radical (unpaired) electrons. The molecule has 4 aliphatic heterocycles. The molecule has 0 unspecified atom stereocenters. The largest absolute Gasteiger partial charge is 0.494 e. The molecule has 25 heteroatoms. The topological polar surface area (TPSA) is 284 Å². The summed E-state index contributed by atoms with van der Waals surface area (Å²) in [5.74, 6) is -1.75. The van der Waals surface area contributed by atoms with E-state index in [1.54, 1.807) is 95.9 Å². The second-order valence-electron chi connectivity index (χ2n) is 24.4. The minimum Gasteiger partial charge on any atom is -0.478 e. The molecule has 99 heavy (non-hydrogen) atoms. The number of hydrogen-bond acceptors (Lipinski definition) is 16. The van der Waals surface area contributed by atoms with Gasteiger partial charge in [-0.15, -0.1) is 0 Å². The third kappa shape index (κ3) is 13.5. The van der Waals surface area contributed by atoms with E-state index in [0.717, 1.165) is 112 Å². The number of ether oxygens (including phenoxy) is 2. The molecule has 0 bridgehead atoms. The Kier molecular flexibility index (Phi) is 18.0. The number of imidazole rings is 3. The summed E-state index contributed by atoms with van der Waals surface area (Å²) in [6.45, 7) is 9.81. The fraction of sp³-hybridized carbons (Fsp3) is 0.149. The first-order valence-corrected chi connectivity index (χ1v) is 31.8. The van der Waals surface area contributed by atoms with Crippen LogP contribution in [0.5, 0.6) is 0 Å². The number of hydrogen-bond donors (Lipinski definition) is 7. The molecular weight excluding hydrogens is 1280 g/mol. The van der Waals surface area contributed by atoms with Crippen molar-refractivity contribution in [2.75, 3.05) is 30.2 Å². The number of fused-ring (bicyclic) bond motifs is 6. The maximum absolute atomic E-state index is 11.8. The Morgan fingerprint density at radius 3 is 1.25 bits per heavy atom. The Morgan fingerprint density at radius 1 is 0.485 bits per heavy atom. The van der Waals surface area contributed by atoms with E-state index in [2.05, 4.69) is 51.6 Å². The molecule has 496 valence electrons. The van der Waals surface area contributed by atoms with Gasteiger partial charge in [-0.1, -0.05) is 35.9 Å². The van der Waals surface area contributed by atoms with E-state index in [0.29, 0.717) is 35.9 Å². The Bertz CT molecular complexity index is 5150. The number of pyridine rings is 3. The van der Waals surface area contributed by atoms with Crippen molar-refractivity contribution < 1.29 is 52.7 Å². The van der Waals surface area contributed by atoms with Gasteiger partial charge in [0.2, 0.25) is 0 Å². The van der Waals surface area contributed by atoms with Gasteiger partial charge in [-0.2, -0.15) is 0 Å². The number of anilines is 6. The summed E-state index contributed by atoms with van der Waals surface area (Å²) < 4.78 is 27.2. The van der Waals surface area contributed by atoms with Gasteiger partial charge in [0, 0.05) is 90.6 Å². The number of carbonyl (C=O) groups is 6. The van der Waals surface area contributed by atoms with Gasteiger partial charge in [0.05, 0.1) is 70.6 Å². The van der Waals surface area contributed by atoms with Crippen LogP contribution in [0.3, 0.4) is 0 Å². The quantitative estimate of drug-likeness (QED) is 0.0340. The molecule has 0 atom stereocenters. The maximum Gasteiger partial charge on any atom is 0.494 e. The van der Waals surface area contributed by atoms with Crippen LogP contribution in [0.2, 0.25) is 5.15 Å². The highest BCUT2D eigenvalue weighted by Gasteiger charge is 2.52. The number of nitrogens with one attached hydrogen (secondary N) is 6. The zero-order valence-electron chi connectivity index (χ0n) is 54.3. The van der Waals surface area contributed by atoms with Crippen LogP contribution < -0.4 is 37.4 Å². The van der Waals surface area contributed by atoms with Crippen LogP contribution in [0.25, 0.3) is 39.5 Å². The summed E-state index contributed by atoms with van der Waals surface area (Å²) >= 11 is 6.09. The maximum atomic E-state index is 11.8. The fourth-order valence-corrected chi connectivity index (χ4v) is 11.9. The third-order valence-electron chi connectivity index (χ3n) is 17.7. The number of carboxylic acid groups (broad SMARTS) is 1. The number of methoxy groups -OCH3 is 2. The standard InChI is InChI=1S/C23H18N4O3.C22H16N4O3.C15H12ClN3O2.C14H18BNO3/c1-30-23(29)14-2-5-17(6-3-14)26-19-8-9-20(27-11-10-24-21(19)27)15-4-7-18-16(12-15)13-25-22(18)28;27-21-17-6-3-14(11-15(17)12-24-21)19-8-7-18(20-23-9-10-26(19)20)25-16-4-1-13(2-5-16)22(28)29;1-21-15(20)10-2-4-11(5-3-10)18-12-6-7-13(16)19-9-8-17-14(12)19;1-13(2)14(3,4)19-15(18-13)10-5-6-11-9(7-10)8-16-12(11)17/h2-12,26H,13H2,1H3,(H,25,28);1-11,25H,12H2,(H,24,27)(H,28,29);2-9,18H,1H3;5-7H,8H2,1-4H3,(H,16,17). The lowest BCUT2D eigenvalue weighted by Crippen LogP contribution is -2.41. The molecule has 1 saturated heterocycles. The predicted octanol–water partition coefficient (Wildman–Crippen LogP) is 12.2. The molecule has 3 amide bonds. The second kappa shape index (κ2) is 27.2. The fourth-order valence-electron chi connectivity index (χ4n) is 11.7. The van der Waals surface area contributed by atoms with Gasteiger partial charge < -0.3 is 55.8 Å². The Morgan fingerprint density at radius 2 is 0.848 bits per heavy atom. The number of nitrogens with zero attached hydrogens (tertiary/aromatic N) is 6. The number of carbonyl (C=O) groups excluding carboxylic acids is 5. The van der Waals surface area contributed by atoms with Gasteiger partial charge in [0.1, 0.15) is 5.15 Å². The average molecular weight is 1340 g/mol. The average Bonchev–Trinajstić information content (AvgIpc) is 1.69. The van der Waals surface area contributed by atoms with E-state index in [1.807, 2.05) is 146 Å². The van der Waals surface area contributed by atoms with Crippen molar-refractivity contribution in [1.82, 2.24) is 44.1 Å². The van der Waals surface area contributed by atoms with Crippen molar-refractivity contribution >= 4 is 111 Å². The lowest BCUT2D eigenvalue weighted by molar-refractivity contribution is 0.00578. The summed E-state index contributed by atoms with van der Waals surface area (Å²) in [6.07, 6.45) is 10.8. The van der Waals surface area contributed by atoms with Crippen molar-refractivity contribution in [2.24, 2.45) is 0 Å². The molecule has 6 aromatic carbocycles. The van der Waals surface area contributed by atoms with Gasteiger partial charge in [0.15, 0.2) is 16.9 Å². The van der Waals surface area contributed by atoms with Crippen LogP contribution in [-0.2, 0) is 38.4 Å². The monoisotopic (exact) mass is 1340 g/mol. The zero-order chi connectivity index (χ0) is 69.3. The van der Waals surface area contributed by atoms with Crippen LogP contribution in [0.15, 0.2) is 201 Å². The van der Waals surface area contributed by atoms with Crippen molar-refractivity contribution in [3.63, 3.8) is 0 Å². The molecule has 7 N–H and O–H groups in total. The van der Waals surface area contributed by atoms with Crippen molar-refractivity contribution in [3.8, 4) is 22.5 Å². The normalized spacial score (nSPS) is 14.2. The first-order chi connectivity index (χ1) is 47.7. The van der Waals surface area contributed by atoms with Crippen molar-refractivity contribution in [2.45, 2.75) is 58.5 Å². The van der Waals surface area contributed by atoms with Crippen molar-refractivity contribution in [1.29, 1.82) is 0 Å². The van der Waals surface area contributed by atoms with Gasteiger partial charge >= 0.3 is 25.0 Å². The van der Waals surface area contributed by atoms with Crippen LogP contribution in [0.4, 0.5) is 34.1 Å². The van der Waals surface area contributed by atoms with Crippen LogP contribution in [-0.4, -0.2) is 101 Å². The summed E-state index contributed by atoms with van der Waals surface area (Å²) in [5.41, 5.74) is 17.9. The summed E-state index contributed by atoms with van der Waals surface area (Å²) in [7, 11) is 2.35. The summed E-state index contributed by atoms with van der Waals surface area (Å²) in [4.78, 5) is 82.4. The smallest absolute Gasteiger partial charge is 0.478 e.